The number of aryl methyl sites for hydroxylation is 2. The second-order valence-corrected chi connectivity index (χ2v) is 6.20. The van der Waals surface area contributed by atoms with Gasteiger partial charge in [0.05, 0.1) is 11.7 Å². The molecule has 5 nitrogen and oxygen atoms in total. The van der Waals surface area contributed by atoms with Gasteiger partial charge in [-0.05, 0) is 47.0 Å². The van der Waals surface area contributed by atoms with E-state index in [9.17, 15) is 4.79 Å². The van der Waals surface area contributed by atoms with Crippen molar-refractivity contribution in [2.45, 2.75) is 59.0 Å². The minimum atomic E-state index is -0.155. The predicted molar refractivity (Wildman–Crippen MR) is 84.1 cm³/mol. The zero-order valence-corrected chi connectivity index (χ0v) is 13.9. The molecule has 0 aliphatic carbocycles. The molecule has 5 heteroatoms. The fourth-order valence-electron chi connectivity index (χ4n) is 3.33. The van der Waals surface area contributed by atoms with E-state index in [0.717, 1.165) is 37.3 Å². The van der Waals surface area contributed by atoms with Crippen molar-refractivity contribution in [2.24, 2.45) is 7.05 Å². The molecule has 0 bridgehead atoms. The van der Waals surface area contributed by atoms with Crippen LogP contribution < -0.4 is 5.32 Å². The summed E-state index contributed by atoms with van der Waals surface area (Å²) >= 11 is 0. The van der Waals surface area contributed by atoms with E-state index in [-0.39, 0.29) is 18.0 Å². The third kappa shape index (κ3) is 3.46. The largest absolute Gasteiger partial charge is 0.341 e. The molecule has 1 saturated heterocycles. The molecule has 1 aromatic heterocycles. The standard InChI is InChI=1S/C16H28N4O/c1-11(15-12(2)18-19(5)14(15)4)17-13(3)16(21)20-9-7-6-8-10-20/h11,13,17H,6-10H2,1-5H3. The van der Waals surface area contributed by atoms with Gasteiger partial charge >= 0.3 is 0 Å². The molecular weight excluding hydrogens is 264 g/mol. The average molecular weight is 292 g/mol. The van der Waals surface area contributed by atoms with E-state index < -0.39 is 0 Å². The van der Waals surface area contributed by atoms with Crippen molar-refractivity contribution >= 4 is 5.91 Å². The van der Waals surface area contributed by atoms with Crippen molar-refractivity contribution in [1.82, 2.24) is 20.0 Å². The number of rotatable bonds is 4. The zero-order chi connectivity index (χ0) is 15.6. The molecular formula is C16H28N4O. The van der Waals surface area contributed by atoms with Gasteiger partial charge in [-0.25, -0.2) is 0 Å². The van der Waals surface area contributed by atoms with Crippen molar-refractivity contribution in [3.05, 3.63) is 17.0 Å². The van der Waals surface area contributed by atoms with Crippen LogP contribution in [0, 0.1) is 13.8 Å². The summed E-state index contributed by atoms with van der Waals surface area (Å²) in [5.74, 6) is 0.223. The summed E-state index contributed by atoms with van der Waals surface area (Å²) < 4.78 is 1.90. The number of nitrogens with one attached hydrogen (secondary N) is 1. The molecule has 1 aliphatic rings. The van der Waals surface area contributed by atoms with Gasteiger partial charge in [-0.15, -0.1) is 0 Å². The average Bonchev–Trinajstić information content (AvgIpc) is 2.72. The van der Waals surface area contributed by atoms with E-state index in [0.29, 0.717) is 0 Å². The maximum atomic E-state index is 12.5. The Morgan fingerprint density at radius 3 is 2.33 bits per heavy atom. The summed E-state index contributed by atoms with van der Waals surface area (Å²) in [6.45, 7) is 9.99. The Morgan fingerprint density at radius 1 is 1.19 bits per heavy atom. The third-order valence-electron chi connectivity index (χ3n) is 4.54. The van der Waals surface area contributed by atoms with Gasteiger partial charge in [0, 0.05) is 37.4 Å². The van der Waals surface area contributed by atoms with Crippen LogP contribution >= 0.6 is 0 Å². The van der Waals surface area contributed by atoms with Crippen LogP contribution in [0.5, 0.6) is 0 Å². The summed E-state index contributed by atoms with van der Waals surface area (Å²) in [7, 11) is 1.96. The molecule has 1 aliphatic heterocycles. The first-order valence-electron chi connectivity index (χ1n) is 7.96. The van der Waals surface area contributed by atoms with Crippen LogP contribution in [-0.2, 0) is 11.8 Å². The summed E-state index contributed by atoms with van der Waals surface area (Å²) in [4.78, 5) is 14.5. The van der Waals surface area contributed by atoms with Crippen molar-refractivity contribution < 1.29 is 4.79 Å². The summed E-state index contributed by atoms with van der Waals surface area (Å²) in [5.41, 5.74) is 3.40. The molecule has 1 amide bonds. The topological polar surface area (TPSA) is 50.2 Å². The SMILES string of the molecule is Cc1nn(C)c(C)c1C(C)NC(C)C(=O)N1CCCCC1. The molecule has 1 fully saturated rings. The Balaban J connectivity index is 2.01. The van der Waals surface area contributed by atoms with Crippen molar-refractivity contribution in [1.29, 1.82) is 0 Å². The molecule has 0 aromatic carbocycles. The van der Waals surface area contributed by atoms with E-state index in [1.54, 1.807) is 0 Å². The lowest BCUT2D eigenvalue weighted by molar-refractivity contribution is -0.134. The molecule has 0 spiro atoms. The normalized spacial score (nSPS) is 18.6. The van der Waals surface area contributed by atoms with E-state index in [1.807, 2.05) is 30.5 Å². The van der Waals surface area contributed by atoms with Crippen LogP contribution in [0.1, 0.15) is 56.1 Å². The molecule has 2 heterocycles. The van der Waals surface area contributed by atoms with Crippen LogP contribution in [0.4, 0.5) is 0 Å². The number of hydrogen-bond acceptors (Lipinski definition) is 3. The van der Waals surface area contributed by atoms with Crippen LogP contribution in [0.2, 0.25) is 0 Å². The number of piperidine rings is 1. The van der Waals surface area contributed by atoms with Gasteiger partial charge in [0.25, 0.3) is 0 Å². The molecule has 21 heavy (non-hydrogen) atoms. The number of amides is 1. The Hall–Kier alpha value is -1.36. The first kappa shape index (κ1) is 16.0. The minimum Gasteiger partial charge on any atom is -0.341 e. The first-order chi connectivity index (χ1) is 9.91. The van der Waals surface area contributed by atoms with Crippen molar-refractivity contribution in [2.75, 3.05) is 13.1 Å². The smallest absolute Gasteiger partial charge is 0.239 e. The second kappa shape index (κ2) is 6.60. The lowest BCUT2D eigenvalue weighted by atomic mass is 10.0. The van der Waals surface area contributed by atoms with Gasteiger partial charge in [0.1, 0.15) is 0 Å². The third-order valence-corrected chi connectivity index (χ3v) is 4.54. The molecule has 118 valence electrons. The summed E-state index contributed by atoms with van der Waals surface area (Å²) in [6.07, 6.45) is 3.51. The van der Waals surface area contributed by atoms with Gasteiger partial charge in [-0.1, -0.05) is 0 Å². The molecule has 2 unspecified atom stereocenters. The summed E-state index contributed by atoms with van der Waals surface area (Å²) in [5, 5.41) is 7.90. The molecule has 2 atom stereocenters. The van der Waals surface area contributed by atoms with E-state index in [2.05, 4.69) is 24.3 Å². The predicted octanol–water partition coefficient (Wildman–Crippen LogP) is 2.09. The number of hydrogen-bond donors (Lipinski definition) is 1. The summed E-state index contributed by atoms with van der Waals surface area (Å²) in [6, 6.07) is -0.0282. The maximum Gasteiger partial charge on any atom is 0.239 e. The fraction of sp³-hybridized carbons (Fsp3) is 0.750. The highest BCUT2D eigenvalue weighted by Gasteiger charge is 2.25. The Bertz CT molecular complexity index is 503. The lowest BCUT2D eigenvalue weighted by Gasteiger charge is -2.30. The van der Waals surface area contributed by atoms with Gasteiger partial charge < -0.3 is 4.90 Å². The first-order valence-corrected chi connectivity index (χ1v) is 7.96. The molecule has 1 aromatic rings. The molecule has 2 rings (SSSR count). The number of carbonyl (C=O) groups excluding carboxylic acids is 1. The van der Waals surface area contributed by atoms with Crippen LogP contribution in [0.15, 0.2) is 0 Å². The van der Waals surface area contributed by atoms with E-state index in [4.69, 9.17) is 0 Å². The van der Waals surface area contributed by atoms with Crippen molar-refractivity contribution in [3.8, 4) is 0 Å². The lowest BCUT2D eigenvalue weighted by Crippen LogP contribution is -2.47. The van der Waals surface area contributed by atoms with E-state index >= 15 is 0 Å². The van der Waals surface area contributed by atoms with Crippen molar-refractivity contribution in [3.63, 3.8) is 0 Å². The Kier molecular flexibility index (Phi) is 5.04. The number of carbonyl (C=O) groups is 1. The minimum absolute atomic E-state index is 0.127. The Labute approximate surface area is 127 Å². The number of likely N-dealkylation sites (tertiary alicyclic amines) is 1. The van der Waals surface area contributed by atoms with E-state index in [1.165, 1.54) is 12.0 Å². The second-order valence-electron chi connectivity index (χ2n) is 6.20. The highest BCUT2D eigenvalue weighted by molar-refractivity contribution is 5.81. The molecule has 0 radical (unpaired) electrons. The van der Waals surface area contributed by atoms with Crippen LogP contribution in [0.25, 0.3) is 0 Å². The zero-order valence-electron chi connectivity index (χ0n) is 13.9. The van der Waals surface area contributed by atoms with Gasteiger partial charge in [-0.2, -0.15) is 5.10 Å². The van der Waals surface area contributed by atoms with Crippen LogP contribution in [0.3, 0.4) is 0 Å². The Morgan fingerprint density at radius 2 is 1.81 bits per heavy atom. The molecule has 1 N–H and O–H groups in total. The van der Waals surface area contributed by atoms with Gasteiger partial charge in [0.2, 0.25) is 5.91 Å². The monoisotopic (exact) mass is 292 g/mol. The highest BCUT2D eigenvalue weighted by Crippen LogP contribution is 2.21. The number of aromatic nitrogens is 2. The van der Waals surface area contributed by atoms with Gasteiger partial charge in [-0.3, -0.25) is 14.8 Å². The maximum absolute atomic E-state index is 12.5. The van der Waals surface area contributed by atoms with Gasteiger partial charge in [0.15, 0.2) is 0 Å². The van der Waals surface area contributed by atoms with Crippen LogP contribution in [-0.4, -0.2) is 39.7 Å². The highest BCUT2D eigenvalue weighted by atomic mass is 16.2. The fourth-order valence-corrected chi connectivity index (χ4v) is 3.33. The number of nitrogens with zero attached hydrogens (tertiary/aromatic N) is 3. The quantitative estimate of drug-likeness (QED) is 0.924. The molecule has 0 saturated carbocycles.